The van der Waals surface area contributed by atoms with E-state index < -0.39 is 37.8 Å². The van der Waals surface area contributed by atoms with E-state index in [0.29, 0.717) is 12.3 Å². The van der Waals surface area contributed by atoms with Crippen molar-refractivity contribution in [3.63, 3.8) is 0 Å². The Morgan fingerprint density at radius 1 is 1.17 bits per heavy atom. The number of aromatic nitrogens is 3. The Bertz CT molecular complexity index is 790. The van der Waals surface area contributed by atoms with Crippen molar-refractivity contribution in [1.29, 1.82) is 0 Å². The summed E-state index contributed by atoms with van der Waals surface area (Å²) < 4.78 is 66.7. The van der Waals surface area contributed by atoms with E-state index in [1.165, 1.54) is 0 Å². The van der Waals surface area contributed by atoms with Gasteiger partial charge in [-0.1, -0.05) is 25.9 Å². The van der Waals surface area contributed by atoms with E-state index in [2.05, 4.69) is 15.1 Å². The molecule has 2 heterocycles. The van der Waals surface area contributed by atoms with Gasteiger partial charge >= 0.3 is 6.18 Å². The summed E-state index contributed by atoms with van der Waals surface area (Å²) >= 11 is 0. The molecule has 0 aliphatic carbocycles. The zero-order chi connectivity index (χ0) is 17.5. The van der Waals surface area contributed by atoms with Gasteiger partial charge in [-0.3, -0.25) is 0 Å². The predicted molar refractivity (Wildman–Crippen MR) is 73.1 cm³/mol. The topological polar surface area (TPSA) is 86.0 Å². The molecule has 6 nitrogen and oxygen atoms in total. The largest absolute Gasteiger partial charge is 0.417 e. The molecule has 0 fully saturated rings. The molecule has 0 atom stereocenters. The molecule has 0 unspecified atom stereocenters. The van der Waals surface area contributed by atoms with E-state index >= 15 is 0 Å². The molecule has 126 valence electrons. The van der Waals surface area contributed by atoms with E-state index in [9.17, 15) is 21.6 Å². The molecule has 23 heavy (non-hydrogen) atoms. The van der Waals surface area contributed by atoms with Gasteiger partial charge < -0.3 is 4.52 Å². The third-order valence-electron chi connectivity index (χ3n) is 2.81. The second-order valence-corrected chi connectivity index (χ2v) is 7.84. The average Bonchev–Trinajstić information content (AvgIpc) is 2.85. The van der Waals surface area contributed by atoms with Gasteiger partial charge in [0.1, 0.15) is 5.75 Å². The highest BCUT2D eigenvalue weighted by molar-refractivity contribution is 7.90. The molecule has 0 saturated heterocycles. The van der Waals surface area contributed by atoms with Crippen LogP contribution in [0.1, 0.15) is 38.0 Å². The normalized spacial score (nSPS) is 13.3. The van der Waals surface area contributed by atoms with Gasteiger partial charge in [0, 0.05) is 11.6 Å². The molecule has 0 aliphatic heterocycles. The smallest absolute Gasteiger partial charge is 0.339 e. The number of nitrogens with zero attached hydrogens (tertiary/aromatic N) is 3. The van der Waals surface area contributed by atoms with Crippen LogP contribution in [-0.4, -0.2) is 23.5 Å². The molecular formula is C13H14F3N3O3S. The summed E-state index contributed by atoms with van der Waals surface area (Å²) in [7, 11) is -3.97. The molecule has 2 aromatic rings. The molecular weight excluding hydrogens is 335 g/mol. The van der Waals surface area contributed by atoms with Crippen molar-refractivity contribution in [2.24, 2.45) is 0 Å². The maximum absolute atomic E-state index is 12.5. The summed E-state index contributed by atoms with van der Waals surface area (Å²) in [6, 6.07) is 1.47. The minimum Gasteiger partial charge on any atom is -0.339 e. The summed E-state index contributed by atoms with van der Waals surface area (Å²) in [6.07, 6.45) is -4.10. The molecule has 0 bridgehead atoms. The summed E-state index contributed by atoms with van der Waals surface area (Å²) in [6.45, 7) is 5.45. The van der Waals surface area contributed by atoms with Crippen LogP contribution in [0.25, 0.3) is 0 Å². The first-order valence-corrected chi connectivity index (χ1v) is 8.14. The Morgan fingerprint density at radius 2 is 1.83 bits per heavy atom. The van der Waals surface area contributed by atoms with Crippen LogP contribution in [0.15, 0.2) is 27.9 Å². The van der Waals surface area contributed by atoms with Crippen molar-refractivity contribution in [3.05, 3.63) is 35.6 Å². The number of sulfone groups is 1. The first-order valence-electron chi connectivity index (χ1n) is 6.49. The molecule has 0 spiro atoms. The van der Waals surface area contributed by atoms with E-state index in [1.54, 1.807) is 0 Å². The van der Waals surface area contributed by atoms with Gasteiger partial charge in [0.25, 0.3) is 0 Å². The number of pyridine rings is 1. The van der Waals surface area contributed by atoms with Gasteiger partial charge in [-0.25, -0.2) is 13.4 Å². The summed E-state index contributed by atoms with van der Waals surface area (Å²) in [5.74, 6) is -0.412. The number of hydrogen-bond acceptors (Lipinski definition) is 6. The molecule has 0 radical (unpaired) electrons. The highest BCUT2D eigenvalue weighted by Gasteiger charge is 2.32. The van der Waals surface area contributed by atoms with Crippen molar-refractivity contribution < 1.29 is 26.1 Å². The lowest BCUT2D eigenvalue weighted by molar-refractivity contribution is -0.137. The predicted octanol–water partition coefficient (Wildman–Crippen LogP) is 2.75. The molecule has 0 aliphatic rings. The van der Waals surface area contributed by atoms with Crippen LogP contribution in [0.2, 0.25) is 0 Å². The van der Waals surface area contributed by atoms with Crippen molar-refractivity contribution in [1.82, 2.24) is 15.1 Å². The van der Waals surface area contributed by atoms with Crippen molar-refractivity contribution in [2.75, 3.05) is 0 Å². The van der Waals surface area contributed by atoms with Crippen molar-refractivity contribution in [2.45, 2.75) is 43.1 Å². The summed E-state index contributed by atoms with van der Waals surface area (Å²) in [5, 5.41) is 3.10. The maximum Gasteiger partial charge on any atom is 0.417 e. The van der Waals surface area contributed by atoms with Gasteiger partial charge in [-0.05, 0) is 12.1 Å². The lowest BCUT2D eigenvalue weighted by atomic mass is 9.97. The highest BCUT2D eigenvalue weighted by Crippen LogP contribution is 2.29. The minimum atomic E-state index is -4.58. The van der Waals surface area contributed by atoms with Crippen LogP contribution in [0, 0.1) is 0 Å². The fraction of sp³-hybridized carbons (Fsp3) is 0.462. The second-order valence-electron chi connectivity index (χ2n) is 5.91. The van der Waals surface area contributed by atoms with Crippen LogP contribution in [0.3, 0.4) is 0 Å². The Balaban J connectivity index is 2.24. The Hall–Kier alpha value is -1.97. The lowest BCUT2D eigenvalue weighted by Gasteiger charge is -2.10. The Kier molecular flexibility index (Phi) is 4.22. The average molecular weight is 349 g/mol. The quantitative estimate of drug-likeness (QED) is 0.847. The molecule has 10 heteroatoms. The van der Waals surface area contributed by atoms with Gasteiger partial charge in [0.05, 0.1) is 5.56 Å². The number of alkyl halides is 3. The van der Waals surface area contributed by atoms with Gasteiger partial charge in [-0.2, -0.15) is 18.2 Å². The van der Waals surface area contributed by atoms with E-state index in [4.69, 9.17) is 4.52 Å². The fourth-order valence-corrected chi connectivity index (χ4v) is 2.69. The first kappa shape index (κ1) is 17.4. The van der Waals surface area contributed by atoms with E-state index in [-0.39, 0.29) is 11.7 Å². The number of hydrogen-bond donors (Lipinski definition) is 0. The third kappa shape index (κ3) is 4.06. The molecule has 0 saturated carbocycles. The summed E-state index contributed by atoms with van der Waals surface area (Å²) in [4.78, 5) is 7.36. The fourth-order valence-electron chi connectivity index (χ4n) is 1.59. The van der Waals surface area contributed by atoms with Crippen LogP contribution in [0.5, 0.6) is 0 Å². The minimum absolute atomic E-state index is 0.0726. The number of halogens is 3. The van der Waals surface area contributed by atoms with Crippen LogP contribution < -0.4 is 0 Å². The zero-order valence-electron chi connectivity index (χ0n) is 12.5. The molecule has 0 aromatic carbocycles. The highest BCUT2D eigenvalue weighted by atomic mass is 32.2. The monoisotopic (exact) mass is 349 g/mol. The van der Waals surface area contributed by atoms with E-state index in [1.807, 2.05) is 20.8 Å². The van der Waals surface area contributed by atoms with Crippen LogP contribution in [0.4, 0.5) is 13.2 Å². The second kappa shape index (κ2) is 5.59. The van der Waals surface area contributed by atoms with Crippen molar-refractivity contribution in [3.8, 4) is 0 Å². The lowest BCUT2D eigenvalue weighted by Crippen LogP contribution is -2.13. The molecule has 2 rings (SSSR count). The SMILES string of the molecule is CC(C)(C)c1nc(CS(=O)(=O)c2ccc(C(F)(F)F)cn2)no1. The van der Waals surface area contributed by atoms with Gasteiger partial charge in [-0.15, -0.1) is 0 Å². The Labute approximate surface area is 130 Å². The van der Waals surface area contributed by atoms with E-state index in [0.717, 1.165) is 6.07 Å². The molecule has 0 amide bonds. The van der Waals surface area contributed by atoms with Gasteiger partial charge in [0.2, 0.25) is 15.7 Å². The molecule has 2 aromatic heterocycles. The van der Waals surface area contributed by atoms with Crippen LogP contribution in [-0.2, 0) is 27.2 Å². The third-order valence-corrected chi connectivity index (χ3v) is 4.33. The van der Waals surface area contributed by atoms with Gasteiger partial charge in [0.15, 0.2) is 10.9 Å². The summed E-state index contributed by atoms with van der Waals surface area (Å²) in [5.41, 5.74) is -1.47. The standard InChI is InChI=1S/C13H14F3N3O3S/c1-12(2,3)11-18-9(19-22-11)7-23(20,21)10-5-4-8(6-17-10)13(14,15)16/h4-6H,7H2,1-3H3. The zero-order valence-corrected chi connectivity index (χ0v) is 13.4. The van der Waals surface area contributed by atoms with Crippen LogP contribution >= 0.6 is 0 Å². The maximum atomic E-state index is 12.5. The first-order chi connectivity index (χ1) is 10.4. The number of rotatable bonds is 3. The van der Waals surface area contributed by atoms with Crippen molar-refractivity contribution >= 4 is 9.84 Å². The Morgan fingerprint density at radius 3 is 2.26 bits per heavy atom. The molecule has 0 N–H and O–H groups in total.